The van der Waals surface area contributed by atoms with Crippen LogP contribution in [0.5, 0.6) is 11.5 Å². The number of carbonyl (C=O) groups excluding carboxylic acids is 1. The molecule has 0 bridgehead atoms. The van der Waals surface area contributed by atoms with Gasteiger partial charge in [-0.25, -0.2) is 0 Å². The second-order valence-corrected chi connectivity index (χ2v) is 10.2. The number of ether oxygens (including phenoxy) is 1. The largest absolute Gasteiger partial charge is 1.00 e. The van der Waals surface area contributed by atoms with Crippen molar-refractivity contribution in [2.24, 2.45) is 10.2 Å². The van der Waals surface area contributed by atoms with Crippen LogP contribution in [-0.4, -0.2) is 26.0 Å². The third-order valence-electron chi connectivity index (χ3n) is 5.73. The summed E-state index contributed by atoms with van der Waals surface area (Å²) in [5.74, 6) is -1.09. The van der Waals surface area contributed by atoms with E-state index in [1.807, 2.05) is 0 Å². The molecule has 0 heterocycles. The molecule has 0 spiro atoms. The molecule has 9 nitrogen and oxygen atoms in total. The molecule has 0 radical (unpaired) electrons. The zero-order chi connectivity index (χ0) is 27.6. The van der Waals surface area contributed by atoms with Crippen LogP contribution in [0.1, 0.15) is 22.8 Å². The Morgan fingerprint density at radius 3 is 2.46 bits per heavy atom. The van der Waals surface area contributed by atoms with Crippen LogP contribution < -0.4 is 44.7 Å². The monoisotopic (exact) mass is 595 g/mol. The zero-order valence-electron chi connectivity index (χ0n) is 21.0. The van der Waals surface area contributed by atoms with Crippen molar-refractivity contribution in [3.8, 4) is 11.5 Å². The van der Waals surface area contributed by atoms with Crippen LogP contribution in [0.25, 0.3) is 10.8 Å². The van der Waals surface area contributed by atoms with Gasteiger partial charge in [-0.15, -0.1) is 0 Å². The number of anilines is 1. The number of carbonyl (C=O) groups is 1. The second kappa shape index (κ2) is 12.6. The van der Waals surface area contributed by atoms with Gasteiger partial charge < -0.3 is 15.2 Å². The molecule has 0 unspecified atom stereocenters. The fourth-order valence-corrected chi connectivity index (χ4v) is 5.27. The van der Waals surface area contributed by atoms with Crippen molar-refractivity contribution < 1.29 is 57.2 Å². The number of hydrogen-bond acceptors (Lipinski definition) is 7. The first-order chi connectivity index (χ1) is 18.1. The van der Waals surface area contributed by atoms with E-state index in [0.717, 1.165) is 6.07 Å². The van der Waals surface area contributed by atoms with Crippen LogP contribution in [0.4, 0.5) is 17.1 Å². The number of benzene rings is 4. The third kappa shape index (κ3) is 6.38. The Bertz CT molecular complexity index is 1710. The normalized spacial score (nSPS) is 11.4. The molecular formula is C26H20Cl2N3NaO6S. The van der Waals surface area contributed by atoms with Crippen molar-refractivity contribution in [3.63, 3.8) is 0 Å². The smallest absolute Gasteiger partial charge is 0.870 e. The number of para-hydroxylation sites is 1. The van der Waals surface area contributed by atoms with E-state index in [2.05, 4.69) is 15.5 Å². The molecule has 0 aromatic heterocycles. The summed E-state index contributed by atoms with van der Waals surface area (Å²) in [6, 6.07) is 15.6. The molecule has 2 N–H and O–H groups in total. The predicted molar refractivity (Wildman–Crippen MR) is 144 cm³/mol. The summed E-state index contributed by atoms with van der Waals surface area (Å²) in [4.78, 5) is 12.7. The first-order valence-corrected chi connectivity index (χ1v) is 13.3. The number of rotatable bonds is 7. The molecule has 0 aliphatic carbocycles. The van der Waals surface area contributed by atoms with Crippen molar-refractivity contribution in [1.82, 2.24) is 0 Å². The summed E-state index contributed by atoms with van der Waals surface area (Å²) in [5.41, 5.74) is 0.413. The van der Waals surface area contributed by atoms with Crippen LogP contribution >= 0.6 is 23.2 Å². The molecule has 4 aromatic carbocycles. The van der Waals surface area contributed by atoms with E-state index in [-0.39, 0.29) is 68.6 Å². The topological polar surface area (TPSA) is 140 Å². The molecule has 4 aromatic rings. The van der Waals surface area contributed by atoms with Crippen LogP contribution in [0.3, 0.4) is 0 Å². The van der Waals surface area contributed by atoms with E-state index in [1.165, 1.54) is 19.2 Å². The number of fused-ring (bicyclic) bond motifs is 1. The maximum Gasteiger partial charge on any atom is 1.00 e. The molecule has 0 saturated carbocycles. The SMILES string of the molecule is CCc1c(N=Nc2c([O-])c(C(=O)Nc3c(Cl)cccc3OC)cc3ccccc23)ccc(S(=O)(=O)O)c1Cl.[Na+]. The van der Waals surface area contributed by atoms with E-state index in [0.29, 0.717) is 22.1 Å². The van der Waals surface area contributed by atoms with E-state index >= 15 is 0 Å². The maximum atomic E-state index is 13.5. The number of azo groups is 1. The number of nitrogens with one attached hydrogen (secondary N) is 1. The molecule has 0 atom stereocenters. The molecule has 0 aliphatic rings. The summed E-state index contributed by atoms with van der Waals surface area (Å²) in [6.45, 7) is 1.72. The van der Waals surface area contributed by atoms with Crippen LogP contribution in [0, 0.1) is 0 Å². The van der Waals surface area contributed by atoms with Gasteiger partial charge in [-0.2, -0.15) is 18.6 Å². The van der Waals surface area contributed by atoms with Gasteiger partial charge >= 0.3 is 29.6 Å². The fourth-order valence-electron chi connectivity index (χ4n) is 3.88. The second-order valence-electron chi connectivity index (χ2n) is 8.00. The van der Waals surface area contributed by atoms with E-state index in [1.54, 1.807) is 49.4 Å². The molecule has 0 aliphatic heterocycles. The first-order valence-electron chi connectivity index (χ1n) is 11.1. The van der Waals surface area contributed by atoms with Crippen LogP contribution in [0.2, 0.25) is 10.0 Å². The fraction of sp³-hybridized carbons (Fsp3) is 0.115. The standard InChI is InChI=1S/C26H21Cl2N3O6S.Na/c1-3-15-19(11-12-21(22(15)28)38(34,35)36)30-31-23-16-8-5-4-7-14(16)13-17(25(23)32)26(33)29-24-18(27)9-6-10-20(24)37-2;/h4-13,32H,3H2,1-2H3,(H,29,33)(H,34,35,36);/q;+1/p-1. The minimum Gasteiger partial charge on any atom is -0.870 e. The van der Waals surface area contributed by atoms with Crippen LogP contribution in [-0.2, 0) is 16.5 Å². The molecule has 4 rings (SSSR count). The maximum absolute atomic E-state index is 13.5. The Hall–Kier alpha value is -2.70. The number of amides is 1. The predicted octanol–water partition coefficient (Wildman–Crippen LogP) is 3.71. The van der Waals surface area contributed by atoms with Gasteiger partial charge in [0, 0.05) is 10.9 Å². The number of hydrogen-bond donors (Lipinski definition) is 2. The van der Waals surface area contributed by atoms with E-state index in [4.69, 9.17) is 27.9 Å². The number of nitrogens with zero attached hydrogens (tertiary/aromatic N) is 2. The van der Waals surface area contributed by atoms with Gasteiger partial charge in [-0.3, -0.25) is 9.35 Å². The van der Waals surface area contributed by atoms with Gasteiger partial charge in [-0.05, 0) is 47.7 Å². The van der Waals surface area contributed by atoms with Crippen molar-refractivity contribution in [2.45, 2.75) is 18.2 Å². The quantitative estimate of drug-likeness (QED) is 0.189. The van der Waals surface area contributed by atoms with Crippen molar-refractivity contribution >= 4 is 67.1 Å². The Morgan fingerprint density at radius 1 is 1.08 bits per heavy atom. The molecular weight excluding hydrogens is 576 g/mol. The van der Waals surface area contributed by atoms with Gasteiger partial charge in [0.2, 0.25) is 0 Å². The van der Waals surface area contributed by atoms with Gasteiger partial charge in [0.05, 0.1) is 28.5 Å². The summed E-state index contributed by atoms with van der Waals surface area (Å²) in [7, 11) is -3.13. The van der Waals surface area contributed by atoms with Crippen molar-refractivity contribution in [1.29, 1.82) is 0 Å². The van der Waals surface area contributed by atoms with Gasteiger partial charge in [-0.1, -0.05) is 66.2 Å². The summed E-state index contributed by atoms with van der Waals surface area (Å²) in [5, 5.41) is 25.5. The molecule has 39 heavy (non-hydrogen) atoms. The molecule has 0 fully saturated rings. The first kappa shape index (κ1) is 30.8. The molecule has 13 heteroatoms. The Kier molecular flexibility index (Phi) is 10.0. The number of methoxy groups -OCH3 is 1. The van der Waals surface area contributed by atoms with Gasteiger partial charge in [0.15, 0.2) is 0 Å². The zero-order valence-corrected chi connectivity index (χ0v) is 25.4. The summed E-state index contributed by atoms with van der Waals surface area (Å²) >= 11 is 12.4. The average Bonchev–Trinajstić information content (AvgIpc) is 2.88. The van der Waals surface area contributed by atoms with Crippen molar-refractivity contribution in [3.05, 3.63) is 81.8 Å². The minimum atomic E-state index is -4.55. The molecule has 196 valence electrons. The Labute approximate surface area is 256 Å². The van der Waals surface area contributed by atoms with Gasteiger partial charge in [0.25, 0.3) is 16.0 Å². The van der Waals surface area contributed by atoms with E-state index < -0.39 is 26.7 Å². The molecule has 1 amide bonds. The molecule has 0 saturated heterocycles. The Balaban J connectivity index is 0.00000420. The summed E-state index contributed by atoms with van der Waals surface area (Å²) in [6.07, 6.45) is 0.268. The number of halogens is 2. The Morgan fingerprint density at radius 2 is 1.79 bits per heavy atom. The minimum absolute atomic E-state index is 0. The third-order valence-corrected chi connectivity index (χ3v) is 7.48. The van der Waals surface area contributed by atoms with Crippen molar-refractivity contribution in [2.75, 3.05) is 12.4 Å². The average molecular weight is 596 g/mol. The van der Waals surface area contributed by atoms with Crippen LogP contribution in [0.15, 0.2) is 75.8 Å². The summed E-state index contributed by atoms with van der Waals surface area (Å²) < 4.78 is 37.9. The van der Waals surface area contributed by atoms with Gasteiger partial charge in [0.1, 0.15) is 16.3 Å². The van der Waals surface area contributed by atoms with E-state index in [9.17, 15) is 22.9 Å².